The molecule has 0 saturated carbocycles. The normalized spacial score (nSPS) is 12.0. The van der Waals surface area contributed by atoms with Gasteiger partial charge < -0.3 is 4.57 Å². The average Bonchev–Trinajstić information content (AvgIpc) is 3.07. The molecule has 0 aliphatic rings. The van der Waals surface area contributed by atoms with E-state index < -0.39 is 0 Å². The number of aromatic nitrogens is 1. The number of hydrogen-bond acceptors (Lipinski definition) is 0. The molecule has 0 spiro atoms. The fraction of sp³-hybridized carbons (Fsp3) is 0.143. The third-order valence-electron chi connectivity index (χ3n) is 5.77. The van der Waals surface area contributed by atoms with E-state index in [2.05, 4.69) is 122 Å². The van der Waals surface area contributed by atoms with Crippen LogP contribution in [0.5, 0.6) is 0 Å². The molecule has 0 unspecified atom stereocenters. The number of para-hydroxylation sites is 2. The number of fused-ring (bicyclic) bond motifs is 3. The van der Waals surface area contributed by atoms with Gasteiger partial charge in [0.05, 0.1) is 11.0 Å². The molecule has 1 heteroatoms. The molecule has 5 rings (SSSR count). The Kier molecular flexibility index (Phi) is 4.06. The van der Waals surface area contributed by atoms with Crippen molar-refractivity contribution in [1.82, 2.24) is 4.57 Å². The van der Waals surface area contributed by atoms with Crippen molar-refractivity contribution in [3.63, 3.8) is 0 Å². The first kappa shape index (κ1) is 17.8. The van der Waals surface area contributed by atoms with Gasteiger partial charge >= 0.3 is 0 Å². The van der Waals surface area contributed by atoms with Crippen molar-refractivity contribution in [3.8, 4) is 16.8 Å². The van der Waals surface area contributed by atoms with E-state index in [0.717, 1.165) is 0 Å². The maximum Gasteiger partial charge on any atom is 0.0547 e. The summed E-state index contributed by atoms with van der Waals surface area (Å²) in [5.41, 5.74) is 7.72. The van der Waals surface area contributed by atoms with E-state index in [1.807, 2.05) is 0 Å². The summed E-state index contributed by atoms with van der Waals surface area (Å²) in [6, 6.07) is 35.1. The lowest BCUT2D eigenvalue weighted by Gasteiger charge is -2.19. The van der Waals surface area contributed by atoms with Crippen LogP contribution in [-0.4, -0.2) is 4.57 Å². The summed E-state index contributed by atoms with van der Waals surface area (Å²) in [4.78, 5) is 0. The maximum atomic E-state index is 2.37. The number of nitrogens with zero attached hydrogens (tertiary/aromatic N) is 1. The minimum Gasteiger partial charge on any atom is -0.309 e. The molecule has 29 heavy (non-hydrogen) atoms. The Morgan fingerprint density at radius 3 is 1.90 bits per heavy atom. The van der Waals surface area contributed by atoms with Gasteiger partial charge in [0, 0.05) is 16.5 Å². The number of benzene rings is 4. The summed E-state index contributed by atoms with van der Waals surface area (Å²) in [6.45, 7) is 6.77. The highest BCUT2D eigenvalue weighted by Crippen LogP contribution is 2.35. The van der Waals surface area contributed by atoms with Gasteiger partial charge in [-0.3, -0.25) is 0 Å². The van der Waals surface area contributed by atoms with Crippen LogP contribution in [-0.2, 0) is 5.41 Å². The zero-order chi connectivity index (χ0) is 20.0. The number of rotatable bonds is 2. The van der Waals surface area contributed by atoms with Crippen LogP contribution in [0.2, 0.25) is 0 Å². The van der Waals surface area contributed by atoms with E-state index in [9.17, 15) is 0 Å². The second-order valence-electron chi connectivity index (χ2n) is 8.75. The minimum absolute atomic E-state index is 0.169. The first-order valence-corrected chi connectivity index (χ1v) is 10.2. The molecule has 142 valence electrons. The molecule has 5 aromatic rings. The van der Waals surface area contributed by atoms with Gasteiger partial charge in [-0.2, -0.15) is 0 Å². The van der Waals surface area contributed by atoms with Gasteiger partial charge in [0.1, 0.15) is 0 Å². The van der Waals surface area contributed by atoms with Gasteiger partial charge in [0.25, 0.3) is 0 Å². The standard InChI is InChI=1S/C28H25N/c1-28(2,3)22-16-13-20(14-17-22)21-15-18-25-24-11-7-8-12-26(24)29(27(25)19-21)23-9-5-4-6-10-23/h4-19H,1-3H3. The summed E-state index contributed by atoms with van der Waals surface area (Å²) >= 11 is 0. The van der Waals surface area contributed by atoms with Gasteiger partial charge in [-0.25, -0.2) is 0 Å². The van der Waals surface area contributed by atoms with Crippen LogP contribution >= 0.6 is 0 Å². The van der Waals surface area contributed by atoms with Crippen LogP contribution in [0.25, 0.3) is 38.6 Å². The van der Waals surface area contributed by atoms with E-state index in [-0.39, 0.29) is 5.41 Å². The highest BCUT2D eigenvalue weighted by molar-refractivity contribution is 6.10. The smallest absolute Gasteiger partial charge is 0.0547 e. The fourth-order valence-corrected chi connectivity index (χ4v) is 4.17. The second-order valence-corrected chi connectivity index (χ2v) is 8.75. The van der Waals surface area contributed by atoms with E-state index in [4.69, 9.17) is 0 Å². The summed E-state index contributed by atoms with van der Waals surface area (Å²) in [5, 5.41) is 2.58. The second kappa shape index (κ2) is 6.63. The first-order valence-electron chi connectivity index (χ1n) is 10.2. The Morgan fingerprint density at radius 1 is 0.552 bits per heavy atom. The Balaban J connectivity index is 1.74. The Bertz CT molecular complexity index is 1300. The van der Waals surface area contributed by atoms with Gasteiger partial charge in [-0.05, 0) is 46.4 Å². The van der Waals surface area contributed by atoms with Crippen molar-refractivity contribution in [1.29, 1.82) is 0 Å². The third-order valence-corrected chi connectivity index (χ3v) is 5.77. The van der Waals surface area contributed by atoms with Crippen molar-refractivity contribution in [2.45, 2.75) is 26.2 Å². The average molecular weight is 376 g/mol. The van der Waals surface area contributed by atoms with E-state index in [1.165, 1.54) is 44.2 Å². The highest BCUT2D eigenvalue weighted by Gasteiger charge is 2.15. The van der Waals surface area contributed by atoms with Gasteiger partial charge in [0.2, 0.25) is 0 Å². The van der Waals surface area contributed by atoms with Crippen molar-refractivity contribution >= 4 is 21.8 Å². The van der Waals surface area contributed by atoms with Gasteiger partial charge in [-0.1, -0.05) is 93.6 Å². The SMILES string of the molecule is CC(C)(C)c1ccc(-c2ccc3c4ccccc4n(-c4ccccc4)c3c2)cc1. The van der Waals surface area contributed by atoms with Crippen LogP contribution < -0.4 is 0 Å². The maximum absolute atomic E-state index is 2.37. The molecule has 0 aliphatic carbocycles. The van der Waals surface area contributed by atoms with Crippen LogP contribution in [0.1, 0.15) is 26.3 Å². The quantitative estimate of drug-likeness (QED) is 0.297. The molecule has 0 fully saturated rings. The van der Waals surface area contributed by atoms with E-state index in [0.29, 0.717) is 0 Å². The lowest BCUT2D eigenvalue weighted by atomic mass is 9.86. The molecular weight excluding hydrogens is 350 g/mol. The molecule has 0 saturated heterocycles. The van der Waals surface area contributed by atoms with Gasteiger partial charge in [0.15, 0.2) is 0 Å². The molecule has 1 aromatic heterocycles. The van der Waals surface area contributed by atoms with Crippen LogP contribution in [0.3, 0.4) is 0 Å². The molecule has 0 radical (unpaired) electrons. The summed E-state index contributed by atoms with van der Waals surface area (Å²) in [6.07, 6.45) is 0. The van der Waals surface area contributed by atoms with E-state index in [1.54, 1.807) is 0 Å². The van der Waals surface area contributed by atoms with Crippen molar-refractivity contribution < 1.29 is 0 Å². The molecule has 4 aromatic carbocycles. The first-order chi connectivity index (χ1) is 14.0. The summed E-state index contributed by atoms with van der Waals surface area (Å²) in [5.74, 6) is 0. The Labute approximate surface area is 172 Å². The predicted molar refractivity (Wildman–Crippen MR) is 125 cm³/mol. The molecule has 0 amide bonds. The van der Waals surface area contributed by atoms with Crippen molar-refractivity contribution in [2.24, 2.45) is 0 Å². The largest absolute Gasteiger partial charge is 0.309 e. The van der Waals surface area contributed by atoms with E-state index >= 15 is 0 Å². The summed E-state index contributed by atoms with van der Waals surface area (Å²) < 4.78 is 2.37. The molecule has 0 bridgehead atoms. The zero-order valence-corrected chi connectivity index (χ0v) is 17.2. The Morgan fingerprint density at radius 2 is 1.17 bits per heavy atom. The molecule has 1 heterocycles. The molecular formula is C28H25N. The Hall–Kier alpha value is -3.32. The monoisotopic (exact) mass is 375 g/mol. The van der Waals surface area contributed by atoms with Gasteiger partial charge in [-0.15, -0.1) is 0 Å². The molecule has 1 nitrogen and oxygen atoms in total. The van der Waals surface area contributed by atoms with Crippen molar-refractivity contribution in [3.05, 3.63) is 103 Å². The summed E-state index contributed by atoms with van der Waals surface area (Å²) in [7, 11) is 0. The van der Waals surface area contributed by atoms with Crippen LogP contribution in [0.15, 0.2) is 97.1 Å². The zero-order valence-electron chi connectivity index (χ0n) is 17.2. The minimum atomic E-state index is 0.169. The lowest BCUT2D eigenvalue weighted by Crippen LogP contribution is -2.10. The predicted octanol–water partition coefficient (Wildman–Crippen LogP) is 7.75. The van der Waals surface area contributed by atoms with Crippen LogP contribution in [0.4, 0.5) is 0 Å². The lowest BCUT2D eigenvalue weighted by molar-refractivity contribution is 0.590. The van der Waals surface area contributed by atoms with Crippen molar-refractivity contribution in [2.75, 3.05) is 0 Å². The molecule has 0 atom stereocenters. The van der Waals surface area contributed by atoms with Crippen LogP contribution in [0, 0.1) is 0 Å². The molecule has 0 aliphatic heterocycles. The number of hydrogen-bond donors (Lipinski definition) is 0. The highest BCUT2D eigenvalue weighted by atomic mass is 15.0. The molecule has 0 N–H and O–H groups in total. The third kappa shape index (κ3) is 3.03. The fourth-order valence-electron chi connectivity index (χ4n) is 4.17. The topological polar surface area (TPSA) is 4.93 Å².